The minimum absolute atomic E-state index is 0.660. The molecule has 0 aromatic heterocycles. The monoisotopic (exact) mass is 259 g/mol. The molecule has 0 spiro atoms. The Morgan fingerprint density at radius 1 is 1.00 bits per heavy atom. The Morgan fingerprint density at radius 2 is 1.72 bits per heavy atom. The molecule has 94 valence electrons. The van der Waals surface area contributed by atoms with E-state index in [1.165, 1.54) is 4.90 Å². The molecule has 0 heterocycles. The fourth-order valence-corrected chi connectivity index (χ4v) is 2.00. The van der Waals surface area contributed by atoms with Crippen LogP contribution in [-0.2, 0) is 0 Å². The molecule has 0 aliphatic heterocycles. The third-order valence-electron chi connectivity index (χ3n) is 2.53. The van der Waals surface area contributed by atoms with Gasteiger partial charge in [0.2, 0.25) is 0 Å². The van der Waals surface area contributed by atoms with Gasteiger partial charge < -0.3 is 10.1 Å². The lowest BCUT2D eigenvalue weighted by Crippen LogP contribution is -2.11. The smallest absolute Gasteiger partial charge is 0.119 e. The number of benzene rings is 2. The molecule has 0 amide bonds. The second-order valence-corrected chi connectivity index (χ2v) is 4.70. The van der Waals surface area contributed by atoms with Crippen LogP contribution in [0.1, 0.15) is 0 Å². The van der Waals surface area contributed by atoms with Crippen LogP contribution in [-0.4, -0.2) is 19.4 Å². The van der Waals surface area contributed by atoms with Crippen molar-refractivity contribution in [3.8, 4) is 5.75 Å². The summed E-state index contributed by atoms with van der Waals surface area (Å²) in [5, 5.41) is 3.31. The molecule has 3 heteroatoms. The summed E-state index contributed by atoms with van der Waals surface area (Å²) in [5.41, 5.74) is 1.12. The van der Waals surface area contributed by atoms with E-state index >= 15 is 0 Å². The summed E-state index contributed by atoms with van der Waals surface area (Å²) in [6, 6.07) is 18.3. The van der Waals surface area contributed by atoms with Gasteiger partial charge in [0.05, 0.1) is 0 Å². The van der Waals surface area contributed by atoms with Gasteiger partial charge in [-0.1, -0.05) is 18.2 Å². The zero-order chi connectivity index (χ0) is 12.6. The van der Waals surface area contributed by atoms with Crippen LogP contribution in [0.15, 0.2) is 59.5 Å². The summed E-state index contributed by atoms with van der Waals surface area (Å²) in [5.74, 6) is 0.919. The first kappa shape index (κ1) is 12.8. The quantitative estimate of drug-likeness (QED) is 0.628. The fraction of sp³-hybridized carbons (Fsp3) is 0.200. The average molecular weight is 259 g/mol. The second-order valence-electron chi connectivity index (χ2n) is 3.82. The lowest BCUT2D eigenvalue weighted by Gasteiger charge is -2.08. The van der Waals surface area contributed by atoms with Crippen molar-refractivity contribution in [2.75, 3.05) is 24.7 Å². The minimum Gasteiger partial charge on any atom is -0.492 e. The van der Waals surface area contributed by atoms with E-state index in [9.17, 15) is 0 Å². The maximum Gasteiger partial charge on any atom is 0.119 e. The van der Waals surface area contributed by atoms with Gasteiger partial charge in [-0.3, -0.25) is 0 Å². The zero-order valence-electron chi connectivity index (χ0n) is 10.4. The van der Waals surface area contributed by atoms with Gasteiger partial charge in [0, 0.05) is 17.1 Å². The molecule has 0 aliphatic carbocycles. The van der Waals surface area contributed by atoms with Gasteiger partial charge in [0.1, 0.15) is 12.4 Å². The lowest BCUT2D eigenvalue weighted by molar-refractivity contribution is 0.332. The standard InChI is InChI=1S/C15H17NOS/c1-18-15-9-7-14(8-10-15)17-12-11-16-13-5-3-2-4-6-13/h2-10,16H,11-12H2,1H3. The summed E-state index contributed by atoms with van der Waals surface area (Å²) >= 11 is 1.74. The normalized spacial score (nSPS) is 10.1. The Labute approximate surface area is 112 Å². The molecule has 0 aliphatic rings. The first-order valence-electron chi connectivity index (χ1n) is 5.94. The predicted octanol–water partition coefficient (Wildman–Crippen LogP) is 3.90. The topological polar surface area (TPSA) is 21.3 Å². The summed E-state index contributed by atoms with van der Waals surface area (Å²) in [4.78, 5) is 1.25. The molecule has 0 bridgehead atoms. The van der Waals surface area contributed by atoms with Crippen molar-refractivity contribution in [1.29, 1.82) is 0 Å². The molecule has 0 atom stereocenters. The van der Waals surface area contributed by atoms with E-state index in [4.69, 9.17) is 4.74 Å². The Balaban J connectivity index is 1.72. The first-order chi connectivity index (χ1) is 8.88. The van der Waals surface area contributed by atoms with Crippen molar-refractivity contribution < 1.29 is 4.74 Å². The van der Waals surface area contributed by atoms with Gasteiger partial charge in [-0.2, -0.15) is 0 Å². The maximum absolute atomic E-state index is 5.66. The number of ether oxygens (including phenoxy) is 1. The van der Waals surface area contributed by atoms with Crippen LogP contribution in [0.5, 0.6) is 5.75 Å². The molecule has 1 N–H and O–H groups in total. The van der Waals surface area contributed by atoms with Crippen LogP contribution in [0, 0.1) is 0 Å². The van der Waals surface area contributed by atoms with Gasteiger partial charge in [0.25, 0.3) is 0 Å². The van der Waals surface area contributed by atoms with E-state index in [1.807, 2.05) is 42.5 Å². The highest BCUT2D eigenvalue weighted by atomic mass is 32.2. The highest BCUT2D eigenvalue weighted by Crippen LogP contribution is 2.18. The number of rotatable bonds is 6. The summed E-state index contributed by atoms with van der Waals surface area (Å²) < 4.78 is 5.66. The van der Waals surface area contributed by atoms with Crippen LogP contribution in [0.2, 0.25) is 0 Å². The molecule has 0 fully saturated rings. The van der Waals surface area contributed by atoms with Crippen LogP contribution in [0.4, 0.5) is 5.69 Å². The lowest BCUT2D eigenvalue weighted by atomic mass is 10.3. The molecular formula is C15H17NOS. The second kappa shape index (κ2) is 6.97. The molecule has 0 radical (unpaired) electrons. The molecular weight excluding hydrogens is 242 g/mol. The number of nitrogens with one attached hydrogen (secondary N) is 1. The van der Waals surface area contributed by atoms with Crippen molar-refractivity contribution in [2.45, 2.75) is 4.90 Å². The Kier molecular flexibility index (Phi) is 4.97. The molecule has 2 aromatic carbocycles. The molecule has 18 heavy (non-hydrogen) atoms. The van der Waals surface area contributed by atoms with E-state index in [1.54, 1.807) is 11.8 Å². The number of para-hydroxylation sites is 1. The Bertz CT molecular complexity index is 456. The molecule has 2 rings (SSSR count). The largest absolute Gasteiger partial charge is 0.492 e. The van der Waals surface area contributed by atoms with Crippen molar-refractivity contribution >= 4 is 17.4 Å². The van der Waals surface area contributed by atoms with Crippen LogP contribution >= 0.6 is 11.8 Å². The van der Waals surface area contributed by atoms with Gasteiger partial charge in [-0.25, -0.2) is 0 Å². The zero-order valence-corrected chi connectivity index (χ0v) is 11.2. The van der Waals surface area contributed by atoms with Gasteiger partial charge >= 0.3 is 0 Å². The maximum atomic E-state index is 5.66. The number of anilines is 1. The Hall–Kier alpha value is -1.61. The minimum atomic E-state index is 0.660. The van der Waals surface area contributed by atoms with Crippen LogP contribution in [0.25, 0.3) is 0 Å². The van der Waals surface area contributed by atoms with Crippen molar-refractivity contribution in [1.82, 2.24) is 0 Å². The third-order valence-corrected chi connectivity index (χ3v) is 3.28. The van der Waals surface area contributed by atoms with Gasteiger partial charge in [-0.05, 0) is 42.7 Å². The van der Waals surface area contributed by atoms with Gasteiger partial charge in [0.15, 0.2) is 0 Å². The van der Waals surface area contributed by atoms with Crippen molar-refractivity contribution in [2.24, 2.45) is 0 Å². The van der Waals surface area contributed by atoms with Crippen LogP contribution in [0.3, 0.4) is 0 Å². The Morgan fingerprint density at radius 3 is 2.39 bits per heavy atom. The van der Waals surface area contributed by atoms with E-state index in [0.29, 0.717) is 6.61 Å². The molecule has 2 aromatic rings. The molecule has 0 unspecified atom stereocenters. The highest BCUT2D eigenvalue weighted by Gasteiger charge is 1.94. The van der Waals surface area contributed by atoms with Crippen molar-refractivity contribution in [3.63, 3.8) is 0 Å². The highest BCUT2D eigenvalue weighted by molar-refractivity contribution is 7.98. The van der Waals surface area contributed by atoms with E-state index in [0.717, 1.165) is 18.0 Å². The third kappa shape index (κ3) is 4.00. The van der Waals surface area contributed by atoms with E-state index in [2.05, 4.69) is 23.7 Å². The number of hydrogen-bond donors (Lipinski definition) is 1. The summed E-state index contributed by atoms with van der Waals surface area (Å²) in [6.07, 6.45) is 2.07. The molecule has 0 saturated carbocycles. The summed E-state index contributed by atoms with van der Waals surface area (Å²) in [6.45, 7) is 1.46. The summed E-state index contributed by atoms with van der Waals surface area (Å²) in [7, 11) is 0. The average Bonchev–Trinajstić information content (AvgIpc) is 2.45. The predicted molar refractivity (Wildman–Crippen MR) is 78.6 cm³/mol. The van der Waals surface area contributed by atoms with E-state index in [-0.39, 0.29) is 0 Å². The fourth-order valence-electron chi connectivity index (χ4n) is 1.59. The van der Waals surface area contributed by atoms with Crippen molar-refractivity contribution in [3.05, 3.63) is 54.6 Å². The number of hydrogen-bond acceptors (Lipinski definition) is 3. The number of thioether (sulfide) groups is 1. The molecule has 2 nitrogen and oxygen atoms in total. The first-order valence-corrected chi connectivity index (χ1v) is 7.17. The van der Waals surface area contributed by atoms with Crippen LogP contribution < -0.4 is 10.1 Å². The SMILES string of the molecule is CSc1ccc(OCCNc2ccccc2)cc1. The van der Waals surface area contributed by atoms with E-state index < -0.39 is 0 Å². The molecule has 0 saturated heterocycles. The van der Waals surface area contributed by atoms with Gasteiger partial charge in [-0.15, -0.1) is 11.8 Å².